The number of halogens is 1. The highest BCUT2D eigenvalue weighted by Crippen LogP contribution is 2.17. The minimum absolute atomic E-state index is 0.111. The van der Waals surface area contributed by atoms with E-state index in [0.717, 1.165) is 26.2 Å². The van der Waals surface area contributed by atoms with E-state index in [-0.39, 0.29) is 11.9 Å². The molecule has 0 radical (unpaired) electrons. The summed E-state index contributed by atoms with van der Waals surface area (Å²) in [5, 5.41) is 3.61. The molecule has 1 fully saturated rings. The van der Waals surface area contributed by atoms with Gasteiger partial charge >= 0.3 is 0 Å². The number of nitrogens with one attached hydrogen (secondary N) is 3. The molecule has 28 heavy (non-hydrogen) atoms. The molecule has 0 bridgehead atoms. The van der Waals surface area contributed by atoms with Crippen molar-refractivity contribution >= 4 is 23.2 Å². The van der Waals surface area contributed by atoms with Gasteiger partial charge in [-0.1, -0.05) is 35.9 Å². The minimum atomic E-state index is -0.111. The summed E-state index contributed by atoms with van der Waals surface area (Å²) < 4.78 is 0. The molecule has 1 amide bonds. The zero-order valence-corrected chi connectivity index (χ0v) is 17.7. The van der Waals surface area contributed by atoms with Crippen LogP contribution in [0.1, 0.15) is 22.0 Å². The van der Waals surface area contributed by atoms with Gasteiger partial charge in [-0.2, -0.15) is 0 Å². The number of benzene rings is 2. The Morgan fingerprint density at radius 1 is 1.07 bits per heavy atom. The zero-order chi connectivity index (χ0) is 20.1. The molecule has 5 nitrogen and oxygen atoms in total. The first kappa shape index (κ1) is 20.6. The lowest BCUT2D eigenvalue weighted by atomic mass is 10.0. The van der Waals surface area contributed by atoms with Gasteiger partial charge in [0.15, 0.2) is 0 Å². The largest absolute Gasteiger partial charge is 0.378 e. The molecule has 6 heteroatoms. The molecule has 0 aliphatic carbocycles. The quantitative estimate of drug-likeness (QED) is 0.650. The summed E-state index contributed by atoms with van der Waals surface area (Å²) in [4.78, 5) is 17.9. The molecule has 1 aliphatic rings. The summed E-state index contributed by atoms with van der Waals surface area (Å²) in [5.41, 5.74) is 2.98. The maximum Gasteiger partial charge on any atom is 0.253 e. The van der Waals surface area contributed by atoms with Crippen molar-refractivity contribution in [3.8, 4) is 0 Å². The molecule has 0 saturated carbocycles. The second-order valence-electron chi connectivity index (χ2n) is 7.84. The lowest BCUT2D eigenvalue weighted by molar-refractivity contribution is -1.02. The van der Waals surface area contributed by atoms with Gasteiger partial charge in [-0.15, -0.1) is 0 Å². The van der Waals surface area contributed by atoms with Crippen LogP contribution in [-0.4, -0.2) is 59.8 Å². The Morgan fingerprint density at radius 2 is 1.71 bits per heavy atom. The van der Waals surface area contributed by atoms with E-state index in [4.69, 9.17) is 11.6 Å². The summed E-state index contributed by atoms with van der Waals surface area (Å²) in [5.74, 6) is -0.111. The molecule has 0 aromatic heterocycles. The Balaban J connectivity index is 1.76. The smallest absolute Gasteiger partial charge is 0.253 e. The summed E-state index contributed by atoms with van der Waals surface area (Å²) in [6.45, 7) is 5.11. The van der Waals surface area contributed by atoms with E-state index in [0.29, 0.717) is 17.1 Å². The number of carbonyl (C=O) groups is 1. The molecule has 3 N–H and O–H groups in total. The van der Waals surface area contributed by atoms with Gasteiger partial charge in [-0.05, 0) is 24.3 Å². The van der Waals surface area contributed by atoms with Crippen molar-refractivity contribution < 1.29 is 14.6 Å². The van der Waals surface area contributed by atoms with Crippen LogP contribution in [0.5, 0.6) is 0 Å². The summed E-state index contributed by atoms with van der Waals surface area (Å²) in [6.07, 6.45) is 0. The summed E-state index contributed by atoms with van der Waals surface area (Å²) >= 11 is 6.19. The van der Waals surface area contributed by atoms with Crippen molar-refractivity contribution in [2.24, 2.45) is 0 Å². The Hall–Kier alpha value is -2.08. The Labute approximate surface area is 172 Å². The van der Waals surface area contributed by atoms with Crippen LogP contribution in [0.4, 0.5) is 5.69 Å². The number of hydrogen-bond donors (Lipinski definition) is 3. The van der Waals surface area contributed by atoms with E-state index in [1.807, 2.05) is 26.2 Å². The number of amides is 1. The van der Waals surface area contributed by atoms with Crippen molar-refractivity contribution in [1.29, 1.82) is 0 Å². The number of nitrogens with zero attached hydrogens (tertiary/aromatic N) is 1. The van der Waals surface area contributed by atoms with Crippen molar-refractivity contribution in [2.75, 3.05) is 58.8 Å². The average molecular weight is 403 g/mol. The molecule has 2 aromatic carbocycles. The summed E-state index contributed by atoms with van der Waals surface area (Å²) in [6, 6.07) is 16.1. The van der Waals surface area contributed by atoms with Crippen LogP contribution in [0.15, 0.2) is 48.5 Å². The molecular weight excluding hydrogens is 372 g/mol. The maximum atomic E-state index is 12.7. The fourth-order valence-electron chi connectivity index (χ4n) is 3.78. The van der Waals surface area contributed by atoms with Crippen molar-refractivity contribution in [2.45, 2.75) is 6.04 Å². The topological polar surface area (TPSA) is 41.2 Å². The highest BCUT2D eigenvalue weighted by atomic mass is 35.5. The molecule has 1 heterocycles. The first-order chi connectivity index (χ1) is 13.5. The van der Waals surface area contributed by atoms with E-state index >= 15 is 0 Å². The van der Waals surface area contributed by atoms with Crippen LogP contribution in [0.25, 0.3) is 0 Å². The molecule has 0 unspecified atom stereocenters. The third-order valence-corrected chi connectivity index (χ3v) is 5.97. The first-order valence-corrected chi connectivity index (χ1v) is 10.3. The molecule has 2 aromatic rings. The molecule has 0 spiro atoms. The zero-order valence-electron chi connectivity index (χ0n) is 17.0. The van der Waals surface area contributed by atoms with Crippen LogP contribution in [0, 0.1) is 0 Å². The third-order valence-electron chi connectivity index (χ3n) is 5.64. The fourth-order valence-corrected chi connectivity index (χ4v) is 4.01. The van der Waals surface area contributed by atoms with Crippen molar-refractivity contribution in [1.82, 2.24) is 5.32 Å². The van der Waals surface area contributed by atoms with E-state index in [1.54, 1.807) is 17.0 Å². The Kier molecular flexibility index (Phi) is 6.94. The number of carbonyl (C=O) groups excluding carboxylic acids is 1. The maximum absolute atomic E-state index is 12.7. The predicted octanol–water partition coefficient (Wildman–Crippen LogP) is 0.290. The molecule has 1 aliphatic heterocycles. The lowest BCUT2D eigenvalue weighted by Gasteiger charge is -2.33. The van der Waals surface area contributed by atoms with Crippen molar-refractivity contribution in [3.05, 3.63) is 64.7 Å². The van der Waals surface area contributed by atoms with Crippen LogP contribution >= 0.6 is 11.6 Å². The van der Waals surface area contributed by atoms with Gasteiger partial charge in [0.25, 0.3) is 5.91 Å². The Bertz CT molecular complexity index is 785. The molecule has 1 saturated heterocycles. The van der Waals surface area contributed by atoms with E-state index in [2.05, 4.69) is 41.5 Å². The van der Waals surface area contributed by atoms with Gasteiger partial charge in [0.05, 0.1) is 24.2 Å². The predicted molar refractivity (Wildman–Crippen MR) is 115 cm³/mol. The monoisotopic (exact) mass is 402 g/mol. The Morgan fingerprint density at radius 3 is 2.32 bits per heavy atom. The average Bonchev–Trinajstić information content (AvgIpc) is 2.70. The molecule has 1 atom stereocenters. The number of anilines is 1. The SMILES string of the molecule is CN(C)c1ccc([C@H](CNC(=O)c2ccccc2Cl)[NH+]2CC[NH+](C)CC2)cc1. The standard InChI is InChI=1S/C22H29ClN4O/c1-25(2)18-10-8-17(9-11-18)21(27-14-12-26(3)13-15-27)16-24-22(28)19-6-4-5-7-20(19)23/h4-11,21H,12-16H2,1-3H3,(H,24,28)/p+2/t21-/m0/s1. The van der Waals surface area contributed by atoms with Gasteiger partial charge < -0.3 is 20.0 Å². The number of rotatable bonds is 6. The lowest BCUT2D eigenvalue weighted by Crippen LogP contribution is -3.27. The van der Waals surface area contributed by atoms with E-state index in [1.165, 1.54) is 16.2 Å². The van der Waals surface area contributed by atoms with Crippen molar-refractivity contribution in [3.63, 3.8) is 0 Å². The molecule has 150 valence electrons. The second kappa shape index (κ2) is 9.41. The van der Waals surface area contributed by atoms with E-state index < -0.39 is 0 Å². The summed E-state index contributed by atoms with van der Waals surface area (Å²) in [7, 11) is 6.34. The van der Waals surface area contributed by atoms with Gasteiger partial charge in [0.2, 0.25) is 0 Å². The van der Waals surface area contributed by atoms with Crippen LogP contribution < -0.4 is 20.0 Å². The first-order valence-electron chi connectivity index (χ1n) is 9.91. The number of piperazine rings is 1. The molecular formula is C22H31ClN4O+2. The number of quaternary nitrogens is 2. The fraction of sp³-hybridized carbons (Fsp3) is 0.409. The van der Waals surface area contributed by atoms with Crippen LogP contribution in [-0.2, 0) is 0 Å². The second-order valence-corrected chi connectivity index (χ2v) is 8.25. The van der Waals surface area contributed by atoms with Gasteiger partial charge in [-0.3, -0.25) is 4.79 Å². The van der Waals surface area contributed by atoms with Gasteiger partial charge in [0.1, 0.15) is 32.2 Å². The molecule has 3 rings (SSSR count). The number of likely N-dealkylation sites (N-methyl/N-ethyl adjacent to an activating group) is 1. The van der Waals surface area contributed by atoms with Crippen LogP contribution in [0.3, 0.4) is 0 Å². The highest BCUT2D eigenvalue weighted by molar-refractivity contribution is 6.33. The minimum Gasteiger partial charge on any atom is -0.378 e. The van der Waals surface area contributed by atoms with E-state index in [9.17, 15) is 4.79 Å². The number of hydrogen-bond acceptors (Lipinski definition) is 2. The normalized spacial score (nSPS) is 20.4. The highest BCUT2D eigenvalue weighted by Gasteiger charge is 2.30. The van der Waals surface area contributed by atoms with Gasteiger partial charge in [-0.25, -0.2) is 0 Å². The van der Waals surface area contributed by atoms with Crippen LogP contribution in [0.2, 0.25) is 5.02 Å². The third kappa shape index (κ3) is 5.04. The van der Waals surface area contributed by atoms with Gasteiger partial charge in [0, 0.05) is 25.3 Å².